The number of thioether (sulfide) groups is 1. The van der Waals surface area contributed by atoms with Crippen LogP contribution in [0.5, 0.6) is 0 Å². The summed E-state index contributed by atoms with van der Waals surface area (Å²) in [4.78, 5) is 91.4. The first-order chi connectivity index (χ1) is 30.6. The molecule has 2 aliphatic heterocycles. The maximum atomic E-state index is 14.8. The predicted octanol–water partition coefficient (Wildman–Crippen LogP) is 6.02. The normalized spacial score (nSPS) is 17.2. The average Bonchev–Trinajstić information content (AvgIpc) is 3.71. The highest BCUT2D eigenvalue weighted by atomic mass is 32.2. The molecule has 0 spiro atoms. The molecule has 0 radical (unpaired) electrons. The number of β-lactam (4-membered cyclic amide) rings is 1. The molecule has 3 amide bonds. The van der Waals surface area contributed by atoms with E-state index in [-0.39, 0.29) is 22.7 Å². The Morgan fingerprint density at radius 3 is 1.86 bits per heavy atom. The molecule has 3 aromatic carbocycles. The Labute approximate surface area is 385 Å². The first kappa shape index (κ1) is 47.9. The summed E-state index contributed by atoms with van der Waals surface area (Å²) in [5.74, 6) is -4.18. The Hall–Kier alpha value is -6.53. The number of carbonyl (C=O) groups excluding carboxylic acids is 6. The van der Waals surface area contributed by atoms with Crippen LogP contribution in [0.2, 0.25) is 0 Å². The van der Waals surface area contributed by atoms with Crippen LogP contribution in [0.25, 0.3) is 0 Å². The lowest BCUT2D eigenvalue weighted by atomic mass is 9.77. The zero-order valence-electron chi connectivity index (χ0n) is 37.5. The maximum absolute atomic E-state index is 14.8. The van der Waals surface area contributed by atoms with Gasteiger partial charge in [-0.05, 0) is 72.1 Å². The summed E-state index contributed by atoms with van der Waals surface area (Å²) < 4.78 is 17.0. The standard InChI is InChI=1S/C47H52N6O10S2/c1-28(55)60-38(32-25-64-40-35(48-27-54)39(57)53(40)36(32)41(58)61-44(2,3)4)50-37(56)34(52-63-46(8,9)42(59)62-45(5,6)7)33-26-65-43(49-33)51-47(29-19-13-10-14-20-29,30-21-15-11-16-22-30)31-23-17-12-18-24-31/h10-24,26-27,35,38,40H,25H2,1-9H3,(H,48,54)(H,49,51)(H,50,56)/b52-34-/t35-,38?,40+/m0/s1. The Bertz CT molecular complexity index is 2380. The van der Waals surface area contributed by atoms with E-state index in [1.165, 1.54) is 36.9 Å². The fraction of sp³-hybridized carbons (Fsp3) is 0.362. The third-order valence-electron chi connectivity index (χ3n) is 9.83. The molecule has 4 aromatic rings. The van der Waals surface area contributed by atoms with Crippen molar-refractivity contribution in [3.63, 3.8) is 0 Å². The van der Waals surface area contributed by atoms with Crippen molar-refractivity contribution in [1.82, 2.24) is 20.5 Å². The maximum Gasteiger partial charge on any atom is 0.355 e. The predicted molar refractivity (Wildman–Crippen MR) is 245 cm³/mol. The lowest BCUT2D eigenvalue weighted by molar-refractivity contribution is -0.179. The SMILES string of the molecule is CC(=O)OC(NC(=O)/C(=N\OC(C)(C)C(=O)OC(C)(C)C)c1csc(NC(c2ccccc2)(c2ccccc2)c2ccccc2)n1)C1=C(C(=O)OC(C)(C)C)N2C(=O)[C@H](NC=O)[C@H]2SC1. The smallest absolute Gasteiger partial charge is 0.355 e. The molecule has 1 unspecified atom stereocenters. The van der Waals surface area contributed by atoms with Crippen LogP contribution < -0.4 is 16.0 Å². The minimum absolute atomic E-state index is 0.000206. The highest BCUT2D eigenvalue weighted by Crippen LogP contribution is 2.43. The highest BCUT2D eigenvalue weighted by molar-refractivity contribution is 8.00. The second-order valence-electron chi connectivity index (χ2n) is 17.6. The number of nitrogens with one attached hydrogen (secondary N) is 3. The number of esters is 3. The zero-order valence-corrected chi connectivity index (χ0v) is 39.1. The Morgan fingerprint density at radius 1 is 0.831 bits per heavy atom. The largest absolute Gasteiger partial charge is 0.457 e. The number of rotatable bonds is 16. The third-order valence-corrected chi connectivity index (χ3v) is 11.9. The number of oxime groups is 1. The van der Waals surface area contributed by atoms with Gasteiger partial charge in [-0.15, -0.1) is 23.1 Å². The van der Waals surface area contributed by atoms with Crippen molar-refractivity contribution in [1.29, 1.82) is 0 Å². The van der Waals surface area contributed by atoms with Crippen LogP contribution in [0.1, 0.15) is 84.7 Å². The summed E-state index contributed by atoms with van der Waals surface area (Å²) in [6.07, 6.45) is -1.27. The zero-order chi connectivity index (χ0) is 47.3. The molecular weight excluding hydrogens is 873 g/mol. The van der Waals surface area contributed by atoms with E-state index in [0.29, 0.717) is 11.5 Å². The summed E-state index contributed by atoms with van der Waals surface area (Å²) >= 11 is 2.34. The van der Waals surface area contributed by atoms with Crippen LogP contribution in [0, 0.1) is 0 Å². The number of hydrogen-bond acceptors (Lipinski definition) is 15. The minimum Gasteiger partial charge on any atom is -0.457 e. The number of aromatic nitrogens is 1. The molecule has 3 heterocycles. The van der Waals surface area contributed by atoms with Gasteiger partial charge in [0, 0.05) is 23.6 Å². The van der Waals surface area contributed by atoms with Crippen LogP contribution in [-0.2, 0) is 53.4 Å². The number of ether oxygens (including phenoxy) is 3. The molecule has 0 bridgehead atoms. The van der Waals surface area contributed by atoms with Crippen molar-refractivity contribution in [3.05, 3.63) is 130 Å². The second kappa shape index (κ2) is 19.3. The summed E-state index contributed by atoms with van der Waals surface area (Å²) in [5, 5.41) is 14.3. The van der Waals surface area contributed by atoms with Crippen LogP contribution in [0.3, 0.4) is 0 Å². The number of hydrogen-bond donors (Lipinski definition) is 3. The Kier molecular flexibility index (Phi) is 14.2. The topological polar surface area (TPSA) is 204 Å². The van der Waals surface area contributed by atoms with Crippen LogP contribution in [0.15, 0.2) is 113 Å². The fourth-order valence-electron chi connectivity index (χ4n) is 6.98. The van der Waals surface area contributed by atoms with Crippen molar-refractivity contribution in [2.24, 2.45) is 5.16 Å². The molecule has 2 aliphatic rings. The van der Waals surface area contributed by atoms with Crippen molar-refractivity contribution in [2.45, 2.75) is 102 Å². The Morgan fingerprint density at radius 2 is 1.37 bits per heavy atom. The van der Waals surface area contributed by atoms with Crippen LogP contribution in [0.4, 0.5) is 5.13 Å². The number of benzene rings is 3. The second-order valence-corrected chi connectivity index (χ2v) is 19.5. The number of anilines is 1. The van der Waals surface area contributed by atoms with Gasteiger partial charge in [0.2, 0.25) is 18.2 Å². The molecule has 65 heavy (non-hydrogen) atoms. The van der Waals surface area contributed by atoms with Gasteiger partial charge in [0.1, 0.15) is 39.5 Å². The van der Waals surface area contributed by atoms with Gasteiger partial charge in [-0.2, -0.15) is 0 Å². The summed E-state index contributed by atoms with van der Waals surface area (Å²) in [6.45, 7) is 14.0. The van der Waals surface area contributed by atoms with Gasteiger partial charge in [0.15, 0.2) is 10.8 Å². The van der Waals surface area contributed by atoms with Gasteiger partial charge >= 0.3 is 17.9 Å². The summed E-state index contributed by atoms with van der Waals surface area (Å²) in [5.41, 5.74) is -2.62. The van der Waals surface area contributed by atoms with E-state index in [1.54, 1.807) is 46.9 Å². The van der Waals surface area contributed by atoms with E-state index in [0.717, 1.165) is 28.5 Å². The molecule has 3 N–H and O–H groups in total. The fourth-order valence-corrected chi connectivity index (χ4v) is 9.11. The highest BCUT2D eigenvalue weighted by Gasteiger charge is 2.55. The van der Waals surface area contributed by atoms with Gasteiger partial charge in [0.25, 0.3) is 11.8 Å². The van der Waals surface area contributed by atoms with Gasteiger partial charge in [-0.1, -0.05) is 96.2 Å². The molecular formula is C47H52N6O10S2. The van der Waals surface area contributed by atoms with Crippen LogP contribution in [-0.4, -0.2) is 91.9 Å². The lowest BCUT2D eigenvalue weighted by Crippen LogP contribution is -2.70. The van der Waals surface area contributed by atoms with E-state index < -0.39 is 75.4 Å². The van der Waals surface area contributed by atoms with Crippen molar-refractivity contribution in [3.8, 4) is 0 Å². The molecule has 1 fully saturated rings. The number of amides is 3. The molecule has 3 atom stereocenters. The molecule has 16 nitrogen and oxygen atoms in total. The first-order valence-electron chi connectivity index (χ1n) is 20.6. The first-order valence-corrected chi connectivity index (χ1v) is 22.6. The quantitative estimate of drug-likeness (QED) is 0.0172. The lowest BCUT2D eigenvalue weighted by Gasteiger charge is -2.50. The molecule has 342 valence electrons. The van der Waals surface area contributed by atoms with Crippen molar-refractivity contribution >= 4 is 70.1 Å². The number of thiazole rings is 1. The summed E-state index contributed by atoms with van der Waals surface area (Å²) in [6, 6.07) is 28.5. The molecule has 1 saturated heterocycles. The molecule has 18 heteroatoms. The van der Waals surface area contributed by atoms with Crippen molar-refractivity contribution < 1.29 is 47.8 Å². The van der Waals surface area contributed by atoms with Gasteiger partial charge in [-0.3, -0.25) is 24.1 Å². The van der Waals surface area contributed by atoms with E-state index in [1.807, 2.05) is 91.0 Å². The number of fused-ring (bicyclic) bond motifs is 1. The van der Waals surface area contributed by atoms with E-state index in [4.69, 9.17) is 24.0 Å². The molecule has 0 aliphatic carbocycles. The monoisotopic (exact) mass is 924 g/mol. The average molecular weight is 925 g/mol. The Balaban J connectivity index is 1.45. The molecule has 1 aromatic heterocycles. The molecule has 0 saturated carbocycles. The van der Waals surface area contributed by atoms with Gasteiger partial charge in [-0.25, -0.2) is 14.6 Å². The van der Waals surface area contributed by atoms with Gasteiger partial charge < -0.3 is 35.0 Å². The van der Waals surface area contributed by atoms with Gasteiger partial charge in [0.05, 0.1) is 0 Å². The van der Waals surface area contributed by atoms with Crippen molar-refractivity contribution in [2.75, 3.05) is 11.1 Å². The van der Waals surface area contributed by atoms with E-state index in [9.17, 15) is 28.8 Å². The number of nitrogens with zero attached hydrogens (tertiary/aromatic N) is 3. The van der Waals surface area contributed by atoms with Crippen LogP contribution >= 0.6 is 23.1 Å². The molecule has 6 rings (SSSR count). The third kappa shape index (κ3) is 10.9. The number of carbonyl (C=O) groups is 6. The minimum atomic E-state index is -1.72. The summed E-state index contributed by atoms with van der Waals surface area (Å²) in [7, 11) is 0. The van der Waals surface area contributed by atoms with E-state index in [2.05, 4.69) is 21.1 Å². The van der Waals surface area contributed by atoms with E-state index >= 15 is 0 Å².